The molecule has 182 valence electrons. The molecule has 0 heterocycles. The van der Waals surface area contributed by atoms with Crippen molar-refractivity contribution in [2.45, 2.75) is 84.6 Å². The highest BCUT2D eigenvalue weighted by Crippen LogP contribution is 2.51. The van der Waals surface area contributed by atoms with Crippen molar-refractivity contribution in [2.75, 3.05) is 0 Å². The van der Waals surface area contributed by atoms with Gasteiger partial charge in [0.05, 0.1) is 6.10 Å². The third-order valence-corrected chi connectivity index (χ3v) is 8.23. The molecule has 3 atom stereocenters. The maximum atomic E-state index is 10.4. The van der Waals surface area contributed by atoms with Crippen molar-refractivity contribution in [1.82, 2.24) is 0 Å². The summed E-state index contributed by atoms with van der Waals surface area (Å²) in [5, 5.41) is 11.6. The first-order chi connectivity index (χ1) is 16.0. The molecule has 0 aromatic heterocycles. The molecule has 0 amide bonds. The van der Waals surface area contributed by atoms with Crippen LogP contribution in [0.25, 0.3) is 0 Å². The van der Waals surface area contributed by atoms with Gasteiger partial charge in [0.1, 0.15) is 12.4 Å². The van der Waals surface area contributed by atoms with Crippen LogP contribution in [0.3, 0.4) is 0 Å². The summed E-state index contributed by atoms with van der Waals surface area (Å²) < 4.78 is 6.70. The van der Waals surface area contributed by atoms with E-state index in [2.05, 4.69) is 96.1 Å². The first-order valence-electron chi connectivity index (χ1n) is 12.4. The number of benzene rings is 3. The van der Waals surface area contributed by atoms with Crippen molar-refractivity contribution in [3.63, 3.8) is 0 Å². The van der Waals surface area contributed by atoms with E-state index in [1.807, 2.05) is 19.1 Å². The monoisotopic (exact) mass is 476 g/mol. The Morgan fingerprint density at radius 2 is 1.53 bits per heavy atom. The van der Waals surface area contributed by atoms with Gasteiger partial charge >= 0.3 is 0 Å². The zero-order valence-electron chi connectivity index (χ0n) is 21.9. The van der Waals surface area contributed by atoms with Crippen LogP contribution in [0.1, 0.15) is 88.3 Å². The molecule has 3 unspecified atom stereocenters. The van der Waals surface area contributed by atoms with Crippen molar-refractivity contribution in [2.24, 2.45) is 0 Å². The summed E-state index contributed by atoms with van der Waals surface area (Å²) >= 11 is 0. The molecule has 0 aliphatic heterocycles. The predicted octanol–water partition coefficient (Wildman–Crippen LogP) is 7.94. The van der Waals surface area contributed by atoms with Crippen LogP contribution in [0, 0.1) is 6.92 Å². The fourth-order valence-corrected chi connectivity index (χ4v) is 6.57. The SMILES string of the molecule is CCCC(C)(Pc1ccccc1C(C)O)c1cc(C)cc(C(C)(C)C)c1OCc1ccccc1. The molecule has 0 fully saturated rings. The Morgan fingerprint density at radius 3 is 2.15 bits per heavy atom. The molecule has 1 N–H and O–H groups in total. The molecule has 3 aromatic carbocycles. The van der Waals surface area contributed by atoms with Crippen LogP contribution >= 0.6 is 8.58 Å². The van der Waals surface area contributed by atoms with Gasteiger partial charge in [0.15, 0.2) is 0 Å². The first-order valence-corrected chi connectivity index (χ1v) is 13.4. The van der Waals surface area contributed by atoms with Crippen molar-refractivity contribution in [1.29, 1.82) is 0 Å². The van der Waals surface area contributed by atoms with Crippen LogP contribution in [-0.2, 0) is 17.2 Å². The number of hydrogen-bond acceptors (Lipinski definition) is 2. The minimum atomic E-state index is -0.481. The van der Waals surface area contributed by atoms with Crippen molar-refractivity contribution in [3.8, 4) is 5.75 Å². The minimum absolute atomic E-state index is 0.0411. The van der Waals surface area contributed by atoms with E-state index < -0.39 is 6.10 Å². The lowest BCUT2D eigenvalue weighted by molar-refractivity contribution is 0.200. The fraction of sp³-hybridized carbons (Fsp3) is 0.419. The maximum absolute atomic E-state index is 10.4. The van der Waals surface area contributed by atoms with Crippen LogP contribution in [-0.4, -0.2) is 5.11 Å². The van der Waals surface area contributed by atoms with E-state index in [0.717, 1.165) is 24.2 Å². The smallest absolute Gasteiger partial charge is 0.127 e. The number of rotatable bonds is 9. The Labute approximate surface area is 208 Å². The summed E-state index contributed by atoms with van der Waals surface area (Å²) in [7, 11) is 0.528. The van der Waals surface area contributed by atoms with E-state index >= 15 is 0 Å². The van der Waals surface area contributed by atoms with E-state index in [9.17, 15) is 5.11 Å². The van der Waals surface area contributed by atoms with E-state index in [1.165, 1.54) is 27.6 Å². The first kappa shape index (κ1) is 26.5. The summed E-state index contributed by atoms with van der Waals surface area (Å²) in [5.74, 6) is 1.03. The van der Waals surface area contributed by atoms with Gasteiger partial charge in [0.2, 0.25) is 0 Å². The quantitative estimate of drug-likeness (QED) is 0.318. The summed E-state index contributed by atoms with van der Waals surface area (Å²) in [6, 6.07) is 23.4. The molecule has 3 heteroatoms. The standard InChI is InChI=1S/C31H41O2P/c1-8-18-31(7,34-28-17-13-12-16-25(28)23(3)32)27-20-22(2)19-26(30(4,5)6)29(27)33-21-24-14-10-9-11-15-24/h9-17,19-20,23,32,34H,8,18,21H2,1-7H3. The average molecular weight is 477 g/mol. The summed E-state index contributed by atoms with van der Waals surface area (Å²) in [6.07, 6.45) is 1.65. The van der Waals surface area contributed by atoms with Gasteiger partial charge in [-0.05, 0) is 42.1 Å². The van der Waals surface area contributed by atoms with Gasteiger partial charge in [-0.3, -0.25) is 0 Å². The van der Waals surface area contributed by atoms with Gasteiger partial charge in [-0.1, -0.05) is 122 Å². The van der Waals surface area contributed by atoms with Gasteiger partial charge < -0.3 is 9.84 Å². The van der Waals surface area contributed by atoms with Gasteiger partial charge in [0.25, 0.3) is 0 Å². The molecule has 3 aromatic rings. The highest BCUT2D eigenvalue weighted by molar-refractivity contribution is 7.48. The molecule has 0 bridgehead atoms. The summed E-state index contributed by atoms with van der Waals surface area (Å²) in [5.41, 5.74) is 5.97. The van der Waals surface area contributed by atoms with Crippen molar-refractivity contribution >= 4 is 13.9 Å². The molecule has 0 radical (unpaired) electrons. The lowest BCUT2D eigenvalue weighted by atomic mass is 9.81. The van der Waals surface area contributed by atoms with Crippen LogP contribution in [0.5, 0.6) is 5.75 Å². The van der Waals surface area contributed by atoms with E-state index in [1.54, 1.807) is 0 Å². The maximum Gasteiger partial charge on any atom is 0.127 e. The lowest BCUT2D eigenvalue weighted by Gasteiger charge is -2.36. The Bertz CT molecular complexity index is 1080. The summed E-state index contributed by atoms with van der Waals surface area (Å²) in [4.78, 5) is 0. The topological polar surface area (TPSA) is 29.5 Å². The largest absolute Gasteiger partial charge is 0.488 e. The van der Waals surface area contributed by atoms with Gasteiger partial charge in [-0.15, -0.1) is 0 Å². The van der Waals surface area contributed by atoms with Crippen molar-refractivity contribution in [3.05, 3.63) is 94.5 Å². The normalized spacial score (nSPS) is 14.8. The van der Waals surface area contributed by atoms with Crippen molar-refractivity contribution < 1.29 is 9.84 Å². The molecule has 0 aliphatic carbocycles. The Kier molecular flexibility index (Phi) is 8.61. The fourth-order valence-electron chi connectivity index (χ4n) is 4.66. The molecule has 0 spiro atoms. The minimum Gasteiger partial charge on any atom is -0.488 e. The predicted molar refractivity (Wildman–Crippen MR) is 148 cm³/mol. The summed E-state index contributed by atoms with van der Waals surface area (Å²) in [6.45, 7) is 16.0. The molecule has 0 aliphatic rings. The second-order valence-electron chi connectivity index (χ2n) is 10.7. The highest BCUT2D eigenvalue weighted by Gasteiger charge is 2.34. The number of aliphatic hydroxyl groups is 1. The second kappa shape index (κ2) is 11.1. The Hall–Kier alpha value is -2.15. The molecule has 2 nitrogen and oxygen atoms in total. The zero-order chi connectivity index (χ0) is 24.9. The van der Waals surface area contributed by atoms with E-state index in [4.69, 9.17) is 4.74 Å². The number of aryl methyl sites for hydroxylation is 1. The zero-order valence-corrected chi connectivity index (χ0v) is 22.9. The van der Waals surface area contributed by atoms with Crippen LogP contribution < -0.4 is 10.0 Å². The number of aliphatic hydroxyl groups excluding tert-OH is 1. The van der Waals surface area contributed by atoms with Crippen LogP contribution in [0.2, 0.25) is 0 Å². The second-order valence-corrected chi connectivity index (χ2v) is 12.6. The average Bonchev–Trinajstić information content (AvgIpc) is 2.78. The van der Waals surface area contributed by atoms with E-state index in [0.29, 0.717) is 15.2 Å². The Balaban J connectivity index is 2.16. The number of ether oxygens (including phenoxy) is 1. The van der Waals surface area contributed by atoms with Gasteiger partial charge in [-0.25, -0.2) is 0 Å². The lowest BCUT2D eigenvalue weighted by Crippen LogP contribution is -2.24. The molecule has 3 rings (SSSR count). The van der Waals surface area contributed by atoms with E-state index in [-0.39, 0.29) is 10.6 Å². The van der Waals surface area contributed by atoms with Crippen LogP contribution in [0.4, 0.5) is 0 Å². The van der Waals surface area contributed by atoms with Crippen LogP contribution in [0.15, 0.2) is 66.7 Å². The molecule has 0 saturated carbocycles. The molecule has 34 heavy (non-hydrogen) atoms. The third-order valence-electron chi connectivity index (χ3n) is 6.43. The highest BCUT2D eigenvalue weighted by atomic mass is 31.1. The van der Waals surface area contributed by atoms with Gasteiger partial charge in [0, 0.05) is 16.3 Å². The Morgan fingerprint density at radius 1 is 0.912 bits per heavy atom. The third kappa shape index (κ3) is 6.29. The number of hydrogen-bond donors (Lipinski definition) is 1. The molecule has 0 saturated heterocycles. The molecular weight excluding hydrogens is 435 g/mol. The van der Waals surface area contributed by atoms with Gasteiger partial charge in [-0.2, -0.15) is 0 Å². The molecular formula is C31H41O2P.